The maximum atomic E-state index is 12.6. The van der Waals surface area contributed by atoms with Crippen molar-refractivity contribution in [3.63, 3.8) is 0 Å². The molecule has 4 aromatic rings. The van der Waals surface area contributed by atoms with Crippen molar-refractivity contribution < 1.29 is 14.3 Å². The number of aromatic nitrogens is 2. The van der Waals surface area contributed by atoms with Gasteiger partial charge in [0.15, 0.2) is 11.5 Å². The van der Waals surface area contributed by atoms with Crippen LogP contribution in [0, 0.1) is 0 Å². The van der Waals surface area contributed by atoms with Crippen molar-refractivity contribution in [3.8, 4) is 17.2 Å². The lowest BCUT2D eigenvalue weighted by Gasteiger charge is -2.12. The summed E-state index contributed by atoms with van der Waals surface area (Å²) in [6.07, 6.45) is 4.48. The number of carbonyl (C=O) groups is 1. The molecule has 0 saturated carbocycles. The number of nitrogens with one attached hydrogen (secondary N) is 1. The van der Waals surface area contributed by atoms with Gasteiger partial charge in [-0.15, -0.1) is 0 Å². The first-order valence-electron chi connectivity index (χ1n) is 10.4. The first-order valence-corrected chi connectivity index (χ1v) is 10.4. The summed E-state index contributed by atoms with van der Waals surface area (Å²) >= 11 is 0. The molecule has 6 nitrogen and oxygen atoms in total. The van der Waals surface area contributed by atoms with E-state index in [4.69, 9.17) is 9.47 Å². The van der Waals surface area contributed by atoms with Gasteiger partial charge >= 0.3 is 0 Å². The minimum Gasteiger partial charge on any atom is -0.493 e. The second-order valence-electron chi connectivity index (χ2n) is 7.27. The summed E-state index contributed by atoms with van der Waals surface area (Å²) < 4.78 is 13.1. The van der Waals surface area contributed by atoms with E-state index in [1.165, 1.54) is 0 Å². The molecule has 0 bridgehead atoms. The summed E-state index contributed by atoms with van der Waals surface area (Å²) in [5.41, 5.74) is 3.64. The molecule has 0 aliphatic heterocycles. The number of amides is 1. The molecule has 1 N–H and O–H groups in total. The lowest BCUT2D eigenvalue weighted by Crippen LogP contribution is -2.25. The van der Waals surface area contributed by atoms with Crippen LogP contribution in [0.3, 0.4) is 0 Å². The molecule has 4 rings (SSSR count). The van der Waals surface area contributed by atoms with Gasteiger partial charge in [0, 0.05) is 18.3 Å². The predicted molar refractivity (Wildman–Crippen MR) is 123 cm³/mol. The van der Waals surface area contributed by atoms with E-state index in [-0.39, 0.29) is 5.91 Å². The molecule has 0 saturated heterocycles. The number of benzene rings is 3. The summed E-state index contributed by atoms with van der Waals surface area (Å²) in [7, 11) is 1.57. The van der Waals surface area contributed by atoms with Crippen LogP contribution in [0.4, 0.5) is 0 Å². The van der Waals surface area contributed by atoms with Crippen LogP contribution in [0.15, 0.2) is 91.3 Å². The summed E-state index contributed by atoms with van der Waals surface area (Å²) in [5.74, 6) is 0.965. The highest BCUT2D eigenvalue weighted by Crippen LogP contribution is 2.28. The van der Waals surface area contributed by atoms with Gasteiger partial charge in [-0.25, -0.2) is 4.68 Å². The molecule has 0 aliphatic carbocycles. The quantitative estimate of drug-likeness (QED) is 0.429. The van der Waals surface area contributed by atoms with Crippen molar-refractivity contribution in [2.45, 2.75) is 13.0 Å². The molecule has 0 unspecified atom stereocenters. The van der Waals surface area contributed by atoms with Gasteiger partial charge in [0.1, 0.15) is 6.61 Å². The predicted octanol–water partition coefficient (Wildman–Crippen LogP) is 4.43. The van der Waals surface area contributed by atoms with Crippen LogP contribution < -0.4 is 14.8 Å². The first-order chi connectivity index (χ1) is 15.7. The van der Waals surface area contributed by atoms with Crippen LogP contribution in [0.2, 0.25) is 0 Å². The average Bonchev–Trinajstić information content (AvgIpc) is 3.32. The second-order valence-corrected chi connectivity index (χ2v) is 7.27. The largest absolute Gasteiger partial charge is 0.493 e. The van der Waals surface area contributed by atoms with Crippen molar-refractivity contribution in [2.24, 2.45) is 0 Å². The van der Waals surface area contributed by atoms with Gasteiger partial charge in [-0.2, -0.15) is 5.10 Å². The highest BCUT2D eigenvalue weighted by Gasteiger charge is 2.11. The lowest BCUT2D eigenvalue weighted by atomic mass is 10.1. The van der Waals surface area contributed by atoms with E-state index in [0.29, 0.717) is 36.6 Å². The number of ether oxygens (including phenoxy) is 2. The molecule has 1 aromatic heterocycles. The van der Waals surface area contributed by atoms with Crippen LogP contribution >= 0.6 is 0 Å². The number of hydrogen-bond donors (Lipinski definition) is 1. The van der Waals surface area contributed by atoms with Crippen LogP contribution in [-0.2, 0) is 13.0 Å². The zero-order valence-corrected chi connectivity index (χ0v) is 17.9. The zero-order valence-electron chi connectivity index (χ0n) is 17.9. The Hall–Kier alpha value is -4.06. The summed E-state index contributed by atoms with van der Waals surface area (Å²) in [6, 6.07) is 25.0. The maximum absolute atomic E-state index is 12.6. The fraction of sp³-hybridized carbons (Fsp3) is 0.154. The minimum atomic E-state index is -0.159. The van der Waals surface area contributed by atoms with Gasteiger partial charge in [-0.05, 0) is 47.9 Å². The van der Waals surface area contributed by atoms with E-state index in [1.807, 2.05) is 77.7 Å². The van der Waals surface area contributed by atoms with Crippen molar-refractivity contribution in [1.29, 1.82) is 0 Å². The Morgan fingerprint density at radius 1 is 0.938 bits per heavy atom. The molecule has 6 heteroatoms. The number of methoxy groups -OCH3 is 1. The standard InChI is InChI=1S/C26H25N3O3/c1-31-25-16-22(12-13-24(25)32-19-20-8-4-2-5-9-20)26(30)27-15-14-21-17-28-29(18-21)23-10-6-3-7-11-23/h2-13,16-18H,14-15,19H2,1H3,(H,27,30). The smallest absolute Gasteiger partial charge is 0.251 e. The fourth-order valence-corrected chi connectivity index (χ4v) is 3.30. The number of para-hydroxylation sites is 1. The van der Waals surface area contributed by atoms with Gasteiger partial charge in [0.05, 0.1) is 19.0 Å². The van der Waals surface area contributed by atoms with Crippen molar-refractivity contribution in [2.75, 3.05) is 13.7 Å². The Labute approximate surface area is 187 Å². The molecule has 32 heavy (non-hydrogen) atoms. The third-order valence-corrected chi connectivity index (χ3v) is 5.02. The molecule has 0 fully saturated rings. The van der Waals surface area contributed by atoms with Gasteiger partial charge in [0.25, 0.3) is 5.91 Å². The van der Waals surface area contributed by atoms with Crippen LogP contribution in [0.1, 0.15) is 21.5 Å². The van der Waals surface area contributed by atoms with Crippen LogP contribution in [0.25, 0.3) is 5.69 Å². The summed E-state index contributed by atoms with van der Waals surface area (Å²) in [6.45, 7) is 0.938. The monoisotopic (exact) mass is 427 g/mol. The molecule has 0 aliphatic rings. The SMILES string of the molecule is COc1cc(C(=O)NCCc2cnn(-c3ccccc3)c2)ccc1OCc1ccccc1. The number of hydrogen-bond acceptors (Lipinski definition) is 4. The maximum Gasteiger partial charge on any atom is 0.251 e. The van der Waals surface area contributed by atoms with Crippen molar-refractivity contribution in [3.05, 3.63) is 108 Å². The Balaban J connectivity index is 1.32. The van der Waals surface area contributed by atoms with Gasteiger partial charge in [-0.1, -0.05) is 48.5 Å². The summed E-state index contributed by atoms with van der Waals surface area (Å²) in [5, 5.41) is 7.34. The van der Waals surface area contributed by atoms with E-state index in [0.717, 1.165) is 16.8 Å². The van der Waals surface area contributed by atoms with Crippen molar-refractivity contribution in [1.82, 2.24) is 15.1 Å². The number of rotatable bonds is 9. The Bertz CT molecular complexity index is 1160. The first kappa shape index (κ1) is 21.2. The highest BCUT2D eigenvalue weighted by atomic mass is 16.5. The fourth-order valence-electron chi connectivity index (χ4n) is 3.30. The summed E-state index contributed by atoms with van der Waals surface area (Å²) in [4.78, 5) is 12.6. The molecule has 1 amide bonds. The van der Waals surface area contributed by atoms with E-state index < -0.39 is 0 Å². The topological polar surface area (TPSA) is 65.4 Å². The van der Waals surface area contributed by atoms with Crippen molar-refractivity contribution >= 4 is 5.91 Å². The van der Waals surface area contributed by atoms with Crippen LogP contribution in [0.5, 0.6) is 11.5 Å². The molecule has 0 spiro atoms. The van der Waals surface area contributed by atoms with Gasteiger partial charge in [-0.3, -0.25) is 4.79 Å². The molecule has 0 atom stereocenters. The molecular weight excluding hydrogens is 402 g/mol. The average molecular weight is 428 g/mol. The van der Waals surface area contributed by atoms with E-state index >= 15 is 0 Å². The third-order valence-electron chi connectivity index (χ3n) is 5.02. The van der Waals surface area contributed by atoms with E-state index in [9.17, 15) is 4.79 Å². The highest BCUT2D eigenvalue weighted by molar-refractivity contribution is 5.94. The lowest BCUT2D eigenvalue weighted by molar-refractivity contribution is 0.0953. The number of carbonyl (C=O) groups excluding carboxylic acids is 1. The normalized spacial score (nSPS) is 10.5. The second kappa shape index (κ2) is 10.3. The Kier molecular flexibility index (Phi) is 6.82. The zero-order chi connectivity index (χ0) is 22.2. The van der Waals surface area contributed by atoms with E-state index in [1.54, 1.807) is 25.3 Å². The molecule has 162 valence electrons. The Morgan fingerprint density at radius 2 is 1.69 bits per heavy atom. The minimum absolute atomic E-state index is 0.159. The molecular formula is C26H25N3O3. The number of nitrogens with zero attached hydrogens (tertiary/aromatic N) is 2. The van der Waals surface area contributed by atoms with Crippen LogP contribution in [-0.4, -0.2) is 29.3 Å². The molecule has 1 heterocycles. The molecule has 0 radical (unpaired) electrons. The van der Waals surface area contributed by atoms with Gasteiger partial charge in [0.2, 0.25) is 0 Å². The third kappa shape index (κ3) is 5.35. The van der Waals surface area contributed by atoms with E-state index in [2.05, 4.69) is 10.4 Å². The molecule has 3 aromatic carbocycles. The Morgan fingerprint density at radius 3 is 2.44 bits per heavy atom. The van der Waals surface area contributed by atoms with Gasteiger partial charge < -0.3 is 14.8 Å².